The highest BCUT2D eigenvalue weighted by Gasteiger charge is 2.49. The topological polar surface area (TPSA) is 52.6 Å². The summed E-state index contributed by atoms with van der Waals surface area (Å²) in [5.41, 5.74) is -2.70. The Morgan fingerprint density at radius 2 is 1.38 bits per heavy atom. The lowest BCUT2D eigenvalue weighted by molar-refractivity contribution is -0.179. The lowest BCUT2D eigenvalue weighted by Gasteiger charge is -2.22. The van der Waals surface area contributed by atoms with Crippen LogP contribution in [-0.4, -0.2) is 29.8 Å². The zero-order valence-electron chi connectivity index (χ0n) is 10.4. The molecule has 5 heteroatoms. The molecule has 0 saturated heterocycles. The minimum atomic E-state index is -2.70. The zero-order valence-corrected chi connectivity index (χ0v) is 10.4. The average Bonchev–Trinajstić information content (AvgIpc) is 2.14. The van der Waals surface area contributed by atoms with Crippen LogP contribution in [0.15, 0.2) is 0 Å². The van der Waals surface area contributed by atoms with Crippen LogP contribution in [0.1, 0.15) is 41.0 Å². The van der Waals surface area contributed by atoms with Gasteiger partial charge < -0.3 is 9.47 Å². The summed E-state index contributed by atoms with van der Waals surface area (Å²) in [6.07, 6.45) is -1.24. The fourth-order valence-electron chi connectivity index (χ4n) is 0.987. The van der Waals surface area contributed by atoms with Crippen molar-refractivity contribution in [3.63, 3.8) is 0 Å². The van der Waals surface area contributed by atoms with E-state index in [9.17, 15) is 14.0 Å². The molecule has 4 nitrogen and oxygen atoms in total. The van der Waals surface area contributed by atoms with E-state index in [1.54, 1.807) is 27.7 Å². The van der Waals surface area contributed by atoms with Crippen molar-refractivity contribution < 1.29 is 23.5 Å². The fraction of sp³-hybridized carbons (Fsp3) is 0.818. The molecule has 0 aromatic rings. The normalized spacial score (nSPS) is 11.8. The van der Waals surface area contributed by atoms with Gasteiger partial charge in [0.05, 0.1) is 12.2 Å². The van der Waals surface area contributed by atoms with Gasteiger partial charge in [0.2, 0.25) is 0 Å². The standard InChI is InChI=1S/C11H19FO4/c1-6-11(12,9(13)15-7(2)3)10(14)16-8(4)5/h7-8H,6H2,1-5H3. The molecule has 0 saturated carbocycles. The van der Waals surface area contributed by atoms with Gasteiger partial charge in [0.1, 0.15) is 0 Å². The molecule has 0 aliphatic heterocycles. The Balaban J connectivity index is 4.76. The van der Waals surface area contributed by atoms with E-state index in [2.05, 4.69) is 0 Å². The van der Waals surface area contributed by atoms with Crippen LogP contribution in [0.5, 0.6) is 0 Å². The molecule has 16 heavy (non-hydrogen) atoms. The van der Waals surface area contributed by atoms with Crippen LogP contribution in [0.4, 0.5) is 4.39 Å². The van der Waals surface area contributed by atoms with E-state index in [4.69, 9.17) is 9.47 Å². The first-order valence-electron chi connectivity index (χ1n) is 5.35. The molecular formula is C11H19FO4. The number of alkyl halides is 1. The number of halogens is 1. The number of esters is 2. The minimum absolute atomic E-state index is 0.301. The van der Waals surface area contributed by atoms with Crippen molar-refractivity contribution in [1.82, 2.24) is 0 Å². The number of carbonyl (C=O) groups excluding carboxylic acids is 2. The predicted molar refractivity (Wildman–Crippen MR) is 56.6 cm³/mol. The molecule has 0 bridgehead atoms. The van der Waals surface area contributed by atoms with Gasteiger partial charge in [-0.05, 0) is 27.7 Å². The first-order valence-corrected chi connectivity index (χ1v) is 5.35. The first-order chi connectivity index (χ1) is 7.24. The molecule has 0 N–H and O–H groups in total. The van der Waals surface area contributed by atoms with Crippen molar-refractivity contribution in [3.8, 4) is 0 Å². The maximum absolute atomic E-state index is 14.1. The molecule has 0 radical (unpaired) electrons. The lowest BCUT2D eigenvalue weighted by atomic mass is 10.0. The second-order valence-electron chi connectivity index (χ2n) is 4.06. The molecule has 0 spiro atoms. The molecule has 0 atom stereocenters. The summed E-state index contributed by atoms with van der Waals surface area (Å²) in [5, 5.41) is 0. The van der Waals surface area contributed by atoms with Crippen molar-refractivity contribution in [2.75, 3.05) is 0 Å². The van der Waals surface area contributed by atoms with Crippen LogP contribution in [0, 0.1) is 0 Å². The highest BCUT2D eigenvalue weighted by Crippen LogP contribution is 2.21. The van der Waals surface area contributed by atoms with Crippen LogP contribution < -0.4 is 0 Å². The summed E-state index contributed by atoms with van der Waals surface area (Å²) in [4.78, 5) is 22.9. The Morgan fingerprint density at radius 1 is 1.06 bits per heavy atom. The Bertz CT molecular complexity index is 239. The third kappa shape index (κ3) is 3.79. The summed E-state index contributed by atoms with van der Waals surface area (Å²) < 4.78 is 23.5. The minimum Gasteiger partial charge on any atom is -0.460 e. The van der Waals surface area contributed by atoms with Crippen LogP contribution in [0.3, 0.4) is 0 Å². The maximum atomic E-state index is 14.1. The molecule has 94 valence electrons. The fourth-order valence-corrected chi connectivity index (χ4v) is 0.987. The zero-order chi connectivity index (χ0) is 12.9. The van der Waals surface area contributed by atoms with Crippen LogP contribution in [-0.2, 0) is 19.1 Å². The van der Waals surface area contributed by atoms with Gasteiger partial charge >= 0.3 is 17.6 Å². The summed E-state index contributed by atoms with van der Waals surface area (Å²) >= 11 is 0. The molecule has 0 unspecified atom stereocenters. The second kappa shape index (κ2) is 5.82. The number of hydrogen-bond acceptors (Lipinski definition) is 4. The largest absolute Gasteiger partial charge is 0.460 e. The van der Waals surface area contributed by atoms with E-state index in [1.165, 1.54) is 6.92 Å². The smallest absolute Gasteiger partial charge is 0.356 e. The summed E-state index contributed by atoms with van der Waals surface area (Å²) in [6.45, 7) is 7.73. The van der Waals surface area contributed by atoms with Gasteiger partial charge in [0.25, 0.3) is 0 Å². The van der Waals surface area contributed by atoms with Gasteiger partial charge in [0, 0.05) is 6.42 Å². The third-order valence-electron chi connectivity index (χ3n) is 1.82. The Kier molecular flexibility index (Phi) is 5.41. The van der Waals surface area contributed by atoms with E-state index in [0.29, 0.717) is 0 Å². The van der Waals surface area contributed by atoms with Crippen molar-refractivity contribution in [1.29, 1.82) is 0 Å². The predicted octanol–water partition coefficient (Wildman–Crippen LogP) is 2.01. The van der Waals surface area contributed by atoms with Crippen LogP contribution in [0.2, 0.25) is 0 Å². The van der Waals surface area contributed by atoms with Crippen molar-refractivity contribution in [3.05, 3.63) is 0 Å². The summed E-state index contributed by atoms with van der Waals surface area (Å²) in [6, 6.07) is 0. The van der Waals surface area contributed by atoms with E-state index >= 15 is 0 Å². The average molecular weight is 234 g/mol. The third-order valence-corrected chi connectivity index (χ3v) is 1.82. The molecule has 0 aliphatic carbocycles. The second-order valence-corrected chi connectivity index (χ2v) is 4.06. The molecule has 0 aromatic heterocycles. The van der Waals surface area contributed by atoms with Gasteiger partial charge in [-0.2, -0.15) is 0 Å². The van der Waals surface area contributed by atoms with E-state index in [1.807, 2.05) is 0 Å². The molecule has 0 heterocycles. The van der Waals surface area contributed by atoms with Crippen molar-refractivity contribution in [2.45, 2.75) is 58.9 Å². The van der Waals surface area contributed by atoms with Gasteiger partial charge in [0.15, 0.2) is 0 Å². The highest BCUT2D eigenvalue weighted by atomic mass is 19.1. The number of rotatable bonds is 5. The molecule has 0 aromatic carbocycles. The maximum Gasteiger partial charge on any atom is 0.356 e. The molecule has 0 aliphatic rings. The van der Waals surface area contributed by atoms with Crippen LogP contribution >= 0.6 is 0 Å². The Morgan fingerprint density at radius 3 is 1.56 bits per heavy atom. The van der Waals surface area contributed by atoms with Gasteiger partial charge in [-0.15, -0.1) is 0 Å². The Hall–Kier alpha value is -1.13. The van der Waals surface area contributed by atoms with Crippen molar-refractivity contribution >= 4 is 11.9 Å². The SMILES string of the molecule is CCC(F)(C(=O)OC(C)C)C(=O)OC(C)C. The molecule has 0 amide bonds. The first kappa shape index (κ1) is 14.9. The van der Waals surface area contributed by atoms with E-state index in [0.717, 1.165) is 0 Å². The van der Waals surface area contributed by atoms with E-state index in [-0.39, 0.29) is 6.42 Å². The molecule has 0 fully saturated rings. The number of carbonyl (C=O) groups is 2. The summed E-state index contributed by atoms with van der Waals surface area (Å²) in [5.74, 6) is -2.37. The number of ether oxygens (including phenoxy) is 2. The number of hydrogen-bond donors (Lipinski definition) is 0. The van der Waals surface area contributed by atoms with E-state index < -0.39 is 29.8 Å². The van der Waals surface area contributed by atoms with Gasteiger partial charge in [-0.3, -0.25) is 0 Å². The Labute approximate surface area is 95.1 Å². The molecule has 0 rings (SSSR count). The lowest BCUT2D eigenvalue weighted by Crippen LogP contribution is -2.45. The monoisotopic (exact) mass is 234 g/mol. The highest BCUT2D eigenvalue weighted by molar-refractivity contribution is 6.03. The van der Waals surface area contributed by atoms with Gasteiger partial charge in [-0.25, -0.2) is 14.0 Å². The van der Waals surface area contributed by atoms with Crippen molar-refractivity contribution in [2.24, 2.45) is 0 Å². The quantitative estimate of drug-likeness (QED) is 0.539. The van der Waals surface area contributed by atoms with Gasteiger partial charge in [-0.1, -0.05) is 6.92 Å². The molecular weight excluding hydrogens is 215 g/mol. The summed E-state index contributed by atoms with van der Waals surface area (Å²) in [7, 11) is 0. The van der Waals surface area contributed by atoms with Crippen LogP contribution in [0.25, 0.3) is 0 Å².